The molecule has 1 unspecified atom stereocenters. The van der Waals surface area contributed by atoms with Gasteiger partial charge in [-0.3, -0.25) is 0 Å². The third kappa shape index (κ3) is 4.25. The zero-order valence-electron chi connectivity index (χ0n) is 11.5. The number of benzene rings is 2. The molecule has 2 aromatic rings. The summed E-state index contributed by atoms with van der Waals surface area (Å²) in [6.07, 6.45) is 0.594. The maximum absolute atomic E-state index is 13.2. The summed E-state index contributed by atoms with van der Waals surface area (Å²) in [5.41, 5.74) is 1.79. The van der Waals surface area contributed by atoms with Gasteiger partial charge in [0, 0.05) is 15.5 Å². The Morgan fingerprint density at radius 3 is 2.43 bits per heavy atom. The molecule has 112 valence electrons. The van der Waals surface area contributed by atoms with Gasteiger partial charge in [0.1, 0.15) is 11.6 Å². The highest BCUT2D eigenvalue weighted by atomic mass is 79.9. The smallest absolute Gasteiger partial charge is 0.124 e. The molecule has 0 saturated carbocycles. The van der Waals surface area contributed by atoms with Gasteiger partial charge in [-0.05, 0) is 48.4 Å². The summed E-state index contributed by atoms with van der Waals surface area (Å²) in [7, 11) is 0. The second-order valence-corrected chi connectivity index (χ2v) is 5.98. The van der Waals surface area contributed by atoms with Crippen LogP contribution in [0.15, 0.2) is 40.9 Å². The summed E-state index contributed by atoms with van der Waals surface area (Å²) in [6.45, 7) is 2.75. The minimum Gasteiger partial charge on any atom is -0.310 e. The monoisotopic (exact) mass is 373 g/mol. The second-order valence-electron chi connectivity index (χ2n) is 4.72. The van der Waals surface area contributed by atoms with Gasteiger partial charge in [0.15, 0.2) is 0 Å². The van der Waals surface area contributed by atoms with Gasteiger partial charge < -0.3 is 5.32 Å². The number of rotatable bonds is 5. The molecule has 0 aliphatic rings. The third-order valence-corrected chi connectivity index (χ3v) is 4.27. The van der Waals surface area contributed by atoms with Crippen molar-refractivity contribution in [2.75, 3.05) is 6.54 Å². The van der Waals surface area contributed by atoms with Gasteiger partial charge in [-0.1, -0.05) is 46.6 Å². The number of hydrogen-bond acceptors (Lipinski definition) is 1. The van der Waals surface area contributed by atoms with E-state index in [0.717, 1.165) is 17.7 Å². The minimum absolute atomic E-state index is 0.0343. The SMILES string of the molecule is CCNC(Cc1ccc(F)cc1Cl)c1ccc(F)cc1Br. The normalized spacial score (nSPS) is 12.4. The van der Waals surface area contributed by atoms with Crippen molar-refractivity contribution in [2.24, 2.45) is 0 Å². The Hall–Kier alpha value is -0.970. The predicted molar refractivity (Wildman–Crippen MR) is 85.6 cm³/mol. The highest BCUT2D eigenvalue weighted by molar-refractivity contribution is 9.10. The van der Waals surface area contributed by atoms with Crippen molar-refractivity contribution in [3.63, 3.8) is 0 Å². The molecule has 5 heteroatoms. The maximum Gasteiger partial charge on any atom is 0.124 e. The van der Waals surface area contributed by atoms with Crippen molar-refractivity contribution in [1.29, 1.82) is 0 Å². The first kappa shape index (κ1) is 16.4. The minimum atomic E-state index is -0.355. The van der Waals surface area contributed by atoms with E-state index >= 15 is 0 Å². The molecule has 0 spiro atoms. The Kier molecular flexibility index (Phi) is 5.73. The molecule has 0 aliphatic carbocycles. The molecular weight excluding hydrogens is 360 g/mol. The van der Waals surface area contributed by atoms with E-state index in [1.165, 1.54) is 24.3 Å². The van der Waals surface area contributed by atoms with Crippen LogP contribution >= 0.6 is 27.5 Å². The first-order valence-corrected chi connectivity index (χ1v) is 7.80. The Morgan fingerprint density at radius 2 is 1.81 bits per heavy atom. The van der Waals surface area contributed by atoms with E-state index in [1.54, 1.807) is 12.1 Å². The van der Waals surface area contributed by atoms with Gasteiger partial charge >= 0.3 is 0 Å². The topological polar surface area (TPSA) is 12.0 Å². The predicted octanol–water partition coefficient (Wildman–Crippen LogP) is 5.27. The molecule has 2 aromatic carbocycles. The second kappa shape index (κ2) is 7.34. The Balaban J connectivity index is 2.30. The van der Waals surface area contributed by atoms with Crippen molar-refractivity contribution in [3.8, 4) is 0 Å². The lowest BCUT2D eigenvalue weighted by Crippen LogP contribution is -2.23. The fourth-order valence-corrected chi connectivity index (χ4v) is 3.10. The summed E-state index contributed by atoms with van der Waals surface area (Å²) in [5.74, 6) is -0.646. The summed E-state index contributed by atoms with van der Waals surface area (Å²) in [6, 6.07) is 8.95. The fourth-order valence-electron chi connectivity index (χ4n) is 2.23. The average molecular weight is 375 g/mol. The van der Waals surface area contributed by atoms with Crippen LogP contribution in [0.1, 0.15) is 24.1 Å². The zero-order valence-corrected chi connectivity index (χ0v) is 13.8. The fraction of sp³-hybridized carbons (Fsp3) is 0.250. The lowest BCUT2D eigenvalue weighted by Gasteiger charge is -2.20. The maximum atomic E-state index is 13.2. The van der Waals surface area contributed by atoms with Crippen molar-refractivity contribution < 1.29 is 8.78 Å². The lowest BCUT2D eigenvalue weighted by atomic mass is 9.98. The van der Waals surface area contributed by atoms with Crippen LogP contribution in [0.25, 0.3) is 0 Å². The highest BCUT2D eigenvalue weighted by Gasteiger charge is 2.16. The van der Waals surface area contributed by atoms with Crippen LogP contribution in [0.3, 0.4) is 0 Å². The van der Waals surface area contributed by atoms with Crippen LogP contribution in [0.4, 0.5) is 8.78 Å². The number of hydrogen-bond donors (Lipinski definition) is 1. The molecule has 2 rings (SSSR count). The van der Waals surface area contributed by atoms with Gasteiger partial charge in [-0.15, -0.1) is 0 Å². The van der Waals surface area contributed by atoms with Crippen LogP contribution in [-0.2, 0) is 6.42 Å². The molecule has 0 aromatic heterocycles. The highest BCUT2D eigenvalue weighted by Crippen LogP contribution is 2.29. The quantitative estimate of drug-likeness (QED) is 0.751. The molecule has 0 bridgehead atoms. The van der Waals surface area contributed by atoms with Crippen molar-refractivity contribution in [3.05, 3.63) is 68.7 Å². The van der Waals surface area contributed by atoms with E-state index in [4.69, 9.17) is 11.6 Å². The van der Waals surface area contributed by atoms with Crippen LogP contribution in [0.2, 0.25) is 5.02 Å². The van der Waals surface area contributed by atoms with Gasteiger partial charge in [0.25, 0.3) is 0 Å². The standard InChI is InChI=1S/C16H15BrClF2N/c1-2-21-16(13-6-5-11(19)8-14(13)17)7-10-3-4-12(20)9-15(10)18/h3-6,8-9,16,21H,2,7H2,1H3. The summed E-state index contributed by atoms with van der Waals surface area (Å²) >= 11 is 9.47. The molecular formula is C16H15BrClF2N. The third-order valence-electron chi connectivity index (χ3n) is 3.23. The first-order valence-electron chi connectivity index (χ1n) is 6.63. The molecule has 0 amide bonds. The van der Waals surface area contributed by atoms with Crippen LogP contribution in [-0.4, -0.2) is 6.54 Å². The number of halogens is 4. The lowest BCUT2D eigenvalue weighted by molar-refractivity contribution is 0.544. The van der Waals surface area contributed by atoms with Crippen molar-refractivity contribution in [2.45, 2.75) is 19.4 Å². The van der Waals surface area contributed by atoms with E-state index in [1.807, 2.05) is 6.92 Å². The van der Waals surface area contributed by atoms with Crippen LogP contribution in [0.5, 0.6) is 0 Å². The summed E-state index contributed by atoms with van der Waals surface area (Å²) < 4.78 is 27.0. The summed E-state index contributed by atoms with van der Waals surface area (Å²) in [5, 5.41) is 3.74. The number of nitrogens with one attached hydrogen (secondary N) is 1. The number of likely N-dealkylation sites (N-methyl/N-ethyl adjacent to an activating group) is 1. The van der Waals surface area contributed by atoms with Crippen molar-refractivity contribution >= 4 is 27.5 Å². The van der Waals surface area contributed by atoms with Crippen LogP contribution in [0, 0.1) is 11.6 Å². The average Bonchev–Trinajstić information content (AvgIpc) is 2.41. The van der Waals surface area contributed by atoms with Gasteiger partial charge in [-0.25, -0.2) is 8.78 Å². The van der Waals surface area contributed by atoms with E-state index in [0.29, 0.717) is 15.9 Å². The molecule has 0 saturated heterocycles. The van der Waals surface area contributed by atoms with E-state index in [2.05, 4.69) is 21.2 Å². The summed E-state index contributed by atoms with van der Waals surface area (Å²) in [4.78, 5) is 0. The van der Waals surface area contributed by atoms with Gasteiger partial charge in [-0.2, -0.15) is 0 Å². The Morgan fingerprint density at radius 1 is 1.14 bits per heavy atom. The van der Waals surface area contributed by atoms with E-state index < -0.39 is 0 Å². The van der Waals surface area contributed by atoms with Crippen LogP contribution < -0.4 is 5.32 Å². The van der Waals surface area contributed by atoms with Gasteiger partial charge in [0.2, 0.25) is 0 Å². The molecule has 0 heterocycles. The first-order chi connectivity index (χ1) is 10.0. The molecule has 0 radical (unpaired) electrons. The molecule has 0 aliphatic heterocycles. The van der Waals surface area contributed by atoms with E-state index in [9.17, 15) is 8.78 Å². The molecule has 1 N–H and O–H groups in total. The van der Waals surface area contributed by atoms with E-state index in [-0.39, 0.29) is 17.7 Å². The molecule has 0 fully saturated rings. The molecule has 1 atom stereocenters. The Labute approximate surface area is 136 Å². The zero-order chi connectivity index (χ0) is 15.4. The van der Waals surface area contributed by atoms with Gasteiger partial charge in [0.05, 0.1) is 0 Å². The molecule has 21 heavy (non-hydrogen) atoms. The Bertz CT molecular complexity index is 634. The molecule has 1 nitrogen and oxygen atoms in total. The van der Waals surface area contributed by atoms with Crippen molar-refractivity contribution in [1.82, 2.24) is 5.32 Å². The largest absolute Gasteiger partial charge is 0.310 e.